The summed E-state index contributed by atoms with van der Waals surface area (Å²) in [6.07, 6.45) is -0.287. The number of nitrogens with one attached hydrogen (secondary N) is 2. The van der Waals surface area contributed by atoms with Gasteiger partial charge in [0.2, 0.25) is 0 Å². The monoisotopic (exact) mass is 301 g/mol. The standard InChI is InChI=1S/C12H17F2N5O2/c1-7-15-10(18-17-7)8-4-21-5-9(8)16-11(20)19-3-2-12(13,14)6-19/h8-9H,2-6H2,1H3,(H,16,20)(H,15,17,18)/t8-,9+/m1/s1. The number of aryl methyl sites for hydroxylation is 1. The van der Waals surface area contributed by atoms with Gasteiger partial charge in [0.15, 0.2) is 5.82 Å². The number of aromatic nitrogens is 3. The summed E-state index contributed by atoms with van der Waals surface area (Å²) in [5, 5.41) is 9.57. The minimum atomic E-state index is -2.79. The SMILES string of the molecule is Cc1nc([C@@H]2COC[C@@H]2NC(=O)N2CCC(F)(F)C2)n[nH]1. The number of halogens is 2. The van der Waals surface area contributed by atoms with E-state index >= 15 is 0 Å². The lowest BCUT2D eigenvalue weighted by Gasteiger charge is -2.22. The fourth-order valence-corrected chi connectivity index (χ4v) is 2.64. The van der Waals surface area contributed by atoms with Crippen molar-refractivity contribution in [1.29, 1.82) is 0 Å². The Labute approximate surface area is 120 Å². The van der Waals surface area contributed by atoms with Crippen molar-refractivity contribution in [2.75, 3.05) is 26.3 Å². The maximum Gasteiger partial charge on any atom is 0.317 e. The van der Waals surface area contributed by atoms with Crippen LogP contribution < -0.4 is 5.32 Å². The van der Waals surface area contributed by atoms with Crippen LogP contribution in [0.25, 0.3) is 0 Å². The van der Waals surface area contributed by atoms with Crippen molar-refractivity contribution in [3.63, 3.8) is 0 Å². The lowest BCUT2D eigenvalue weighted by Crippen LogP contribution is -2.46. The second-order valence-electron chi connectivity index (χ2n) is 5.51. The number of urea groups is 1. The number of amides is 2. The van der Waals surface area contributed by atoms with Crippen LogP contribution in [0.5, 0.6) is 0 Å². The molecule has 0 aromatic carbocycles. The third-order valence-electron chi connectivity index (χ3n) is 3.79. The van der Waals surface area contributed by atoms with E-state index in [1.165, 1.54) is 0 Å². The Morgan fingerprint density at radius 3 is 2.95 bits per heavy atom. The first-order valence-corrected chi connectivity index (χ1v) is 6.84. The van der Waals surface area contributed by atoms with E-state index in [0.29, 0.717) is 24.9 Å². The van der Waals surface area contributed by atoms with E-state index in [-0.39, 0.29) is 24.9 Å². The van der Waals surface area contributed by atoms with Gasteiger partial charge in [0.05, 0.1) is 31.7 Å². The van der Waals surface area contributed by atoms with Gasteiger partial charge in [-0.05, 0) is 6.92 Å². The molecule has 116 valence electrons. The van der Waals surface area contributed by atoms with Crippen molar-refractivity contribution in [2.45, 2.75) is 31.2 Å². The van der Waals surface area contributed by atoms with Gasteiger partial charge in [0, 0.05) is 13.0 Å². The van der Waals surface area contributed by atoms with Crippen LogP contribution in [0.1, 0.15) is 24.0 Å². The molecule has 2 aliphatic heterocycles. The molecule has 0 spiro atoms. The van der Waals surface area contributed by atoms with Crippen LogP contribution in [0.4, 0.5) is 13.6 Å². The molecule has 2 atom stereocenters. The van der Waals surface area contributed by atoms with Crippen molar-refractivity contribution in [2.24, 2.45) is 0 Å². The molecule has 21 heavy (non-hydrogen) atoms. The summed E-state index contributed by atoms with van der Waals surface area (Å²) in [4.78, 5) is 17.4. The third-order valence-corrected chi connectivity index (χ3v) is 3.79. The normalized spacial score (nSPS) is 28.0. The number of likely N-dealkylation sites (tertiary alicyclic amines) is 1. The molecule has 3 rings (SSSR count). The fraction of sp³-hybridized carbons (Fsp3) is 0.750. The Kier molecular flexibility index (Phi) is 3.52. The number of ether oxygens (including phenoxy) is 1. The first-order chi connectivity index (χ1) is 9.94. The number of H-pyrrole nitrogens is 1. The average molecular weight is 301 g/mol. The Hall–Kier alpha value is -1.77. The van der Waals surface area contributed by atoms with Gasteiger partial charge >= 0.3 is 6.03 Å². The summed E-state index contributed by atoms with van der Waals surface area (Å²) in [6, 6.07) is -0.790. The van der Waals surface area contributed by atoms with E-state index in [2.05, 4.69) is 20.5 Å². The lowest BCUT2D eigenvalue weighted by molar-refractivity contribution is 0.0152. The van der Waals surface area contributed by atoms with Crippen molar-refractivity contribution in [1.82, 2.24) is 25.4 Å². The van der Waals surface area contributed by atoms with Crippen molar-refractivity contribution in [3.8, 4) is 0 Å². The predicted octanol–water partition coefficient (Wildman–Crippen LogP) is 0.646. The summed E-state index contributed by atoms with van der Waals surface area (Å²) in [6.45, 7) is 2.05. The molecule has 0 unspecified atom stereocenters. The van der Waals surface area contributed by atoms with Crippen LogP contribution in [-0.4, -0.2) is 64.4 Å². The first-order valence-electron chi connectivity index (χ1n) is 6.84. The molecular formula is C12H17F2N5O2. The first kappa shape index (κ1) is 14.2. The lowest BCUT2D eigenvalue weighted by atomic mass is 10.0. The number of nitrogens with zero attached hydrogens (tertiary/aromatic N) is 3. The molecule has 3 heterocycles. The van der Waals surface area contributed by atoms with Gasteiger partial charge in [-0.2, -0.15) is 5.10 Å². The Morgan fingerprint density at radius 1 is 1.52 bits per heavy atom. The van der Waals surface area contributed by atoms with Gasteiger partial charge < -0.3 is 15.0 Å². The molecule has 0 aliphatic carbocycles. The van der Waals surface area contributed by atoms with E-state index in [1.54, 1.807) is 6.92 Å². The average Bonchev–Trinajstić information content (AvgIpc) is 3.09. The minimum absolute atomic E-state index is 0.0663. The van der Waals surface area contributed by atoms with E-state index in [9.17, 15) is 13.6 Å². The molecule has 2 aliphatic rings. The Morgan fingerprint density at radius 2 is 2.33 bits per heavy atom. The Bertz CT molecular complexity index is 535. The molecule has 0 radical (unpaired) electrons. The summed E-state index contributed by atoms with van der Waals surface area (Å²) in [7, 11) is 0. The molecule has 1 aromatic rings. The molecular weight excluding hydrogens is 284 g/mol. The second-order valence-corrected chi connectivity index (χ2v) is 5.51. The van der Waals surface area contributed by atoms with Gasteiger partial charge in [0.25, 0.3) is 5.92 Å². The zero-order chi connectivity index (χ0) is 15.0. The van der Waals surface area contributed by atoms with E-state index in [1.807, 2.05) is 0 Å². The summed E-state index contributed by atoms with van der Waals surface area (Å²) < 4.78 is 31.6. The van der Waals surface area contributed by atoms with Gasteiger partial charge in [-0.25, -0.2) is 18.6 Å². The maximum absolute atomic E-state index is 13.1. The molecule has 1 aromatic heterocycles. The quantitative estimate of drug-likeness (QED) is 0.840. The molecule has 0 bridgehead atoms. The number of hydrogen-bond acceptors (Lipinski definition) is 4. The van der Waals surface area contributed by atoms with Crippen LogP contribution in [-0.2, 0) is 4.74 Å². The number of carbonyl (C=O) groups excluding carboxylic acids is 1. The van der Waals surface area contributed by atoms with Gasteiger partial charge in [-0.3, -0.25) is 5.10 Å². The van der Waals surface area contributed by atoms with Crippen LogP contribution in [0.15, 0.2) is 0 Å². The maximum atomic E-state index is 13.1. The minimum Gasteiger partial charge on any atom is -0.378 e. The molecule has 2 N–H and O–H groups in total. The van der Waals surface area contributed by atoms with E-state index in [0.717, 1.165) is 4.90 Å². The smallest absolute Gasteiger partial charge is 0.317 e. The largest absolute Gasteiger partial charge is 0.378 e. The highest BCUT2D eigenvalue weighted by atomic mass is 19.3. The van der Waals surface area contributed by atoms with Gasteiger partial charge in [0.1, 0.15) is 5.82 Å². The fourth-order valence-electron chi connectivity index (χ4n) is 2.64. The Balaban J connectivity index is 1.63. The van der Waals surface area contributed by atoms with Crippen LogP contribution in [0.2, 0.25) is 0 Å². The third kappa shape index (κ3) is 2.97. The molecule has 2 saturated heterocycles. The van der Waals surface area contributed by atoms with Crippen molar-refractivity contribution >= 4 is 6.03 Å². The summed E-state index contributed by atoms with van der Waals surface area (Å²) in [5.74, 6) is -1.70. The van der Waals surface area contributed by atoms with Crippen molar-refractivity contribution < 1.29 is 18.3 Å². The molecule has 0 saturated carbocycles. The number of carbonyl (C=O) groups is 1. The van der Waals surface area contributed by atoms with Gasteiger partial charge in [-0.15, -0.1) is 0 Å². The number of hydrogen-bond donors (Lipinski definition) is 2. The number of alkyl halides is 2. The second kappa shape index (κ2) is 5.21. The summed E-state index contributed by atoms with van der Waals surface area (Å²) >= 11 is 0. The van der Waals surface area contributed by atoms with Crippen LogP contribution >= 0.6 is 0 Å². The number of aromatic amines is 1. The van der Waals surface area contributed by atoms with Gasteiger partial charge in [-0.1, -0.05) is 0 Å². The van der Waals surface area contributed by atoms with E-state index in [4.69, 9.17) is 4.74 Å². The highest BCUT2D eigenvalue weighted by Gasteiger charge is 2.42. The zero-order valence-electron chi connectivity index (χ0n) is 11.6. The van der Waals surface area contributed by atoms with Crippen molar-refractivity contribution in [3.05, 3.63) is 11.6 Å². The zero-order valence-corrected chi connectivity index (χ0v) is 11.6. The van der Waals surface area contributed by atoms with Crippen LogP contribution in [0, 0.1) is 6.92 Å². The van der Waals surface area contributed by atoms with E-state index < -0.39 is 18.5 Å². The number of rotatable bonds is 2. The molecule has 2 amide bonds. The van der Waals surface area contributed by atoms with Crippen LogP contribution in [0.3, 0.4) is 0 Å². The highest BCUT2D eigenvalue weighted by molar-refractivity contribution is 5.75. The molecule has 2 fully saturated rings. The molecule has 9 heteroatoms. The highest BCUT2D eigenvalue weighted by Crippen LogP contribution is 2.28. The topological polar surface area (TPSA) is 83.1 Å². The predicted molar refractivity (Wildman–Crippen MR) is 68.1 cm³/mol. The molecule has 7 nitrogen and oxygen atoms in total. The summed E-state index contributed by atoms with van der Waals surface area (Å²) in [5.41, 5.74) is 0.